The zero-order valence-electron chi connectivity index (χ0n) is 9.89. The van der Waals surface area contributed by atoms with Crippen LogP contribution in [0.15, 0.2) is 48.4 Å². The molecule has 1 nitrogen and oxygen atoms in total. The Kier molecular flexibility index (Phi) is 3.64. The van der Waals surface area contributed by atoms with Gasteiger partial charge in [-0.15, -0.1) is 11.3 Å². The second kappa shape index (κ2) is 5.19. The van der Waals surface area contributed by atoms with E-state index in [1.807, 2.05) is 24.3 Å². The highest BCUT2D eigenvalue weighted by Gasteiger charge is 2.12. The van der Waals surface area contributed by atoms with Crippen molar-refractivity contribution in [2.24, 2.45) is 0 Å². The van der Waals surface area contributed by atoms with Gasteiger partial charge in [0.15, 0.2) is 0 Å². The number of phenolic OH excluding ortho intramolecular Hbond substituents is 1. The molecule has 2 rings (SSSR count). The highest BCUT2D eigenvalue weighted by molar-refractivity contribution is 7.11. The first-order valence-electron chi connectivity index (χ1n) is 5.68. The van der Waals surface area contributed by atoms with Crippen LogP contribution in [-0.2, 0) is 0 Å². The number of rotatable bonds is 4. The fraction of sp³-hybridized carbons (Fsp3) is 0.200. The van der Waals surface area contributed by atoms with Crippen LogP contribution in [0.2, 0.25) is 0 Å². The van der Waals surface area contributed by atoms with Crippen LogP contribution in [0.5, 0.6) is 5.75 Å². The van der Waals surface area contributed by atoms with Gasteiger partial charge in [0, 0.05) is 4.88 Å². The summed E-state index contributed by atoms with van der Waals surface area (Å²) in [7, 11) is 0. The second-order valence-corrected chi connectivity index (χ2v) is 5.19. The number of phenols is 1. The number of hydrogen-bond donors (Lipinski definition) is 1. The maximum absolute atomic E-state index is 9.80. The zero-order valence-corrected chi connectivity index (χ0v) is 10.7. The first-order chi connectivity index (χ1) is 8.18. The van der Waals surface area contributed by atoms with Gasteiger partial charge in [0.25, 0.3) is 0 Å². The highest BCUT2D eigenvalue weighted by Crippen LogP contribution is 2.33. The average molecular weight is 244 g/mol. The van der Waals surface area contributed by atoms with Crippen molar-refractivity contribution in [3.63, 3.8) is 0 Å². The van der Waals surface area contributed by atoms with Gasteiger partial charge in [0.1, 0.15) is 5.75 Å². The van der Waals surface area contributed by atoms with Crippen LogP contribution >= 0.6 is 11.3 Å². The summed E-state index contributed by atoms with van der Waals surface area (Å²) >= 11 is 1.71. The van der Waals surface area contributed by atoms with Crippen molar-refractivity contribution < 1.29 is 5.11 Å². The third-order valence-electron chi connectivity index (χ3n) is 2.89. The quantitative estimate of drug-likeness (QED) is 0.829. The molecule has 0 aliphatic carbocycles. The lowest BCUT2D eigenvalue weighted by Gasteiger charge is -2.14. The van der Waals surface area contributed by atoms with Crippen molar-refractivity contribution in [1.82, 2.24) is 0 Å². The van der Waals surface area contributed by atoms with Gasteiger partial charge in [-0.25, -0.2) is 0 Å². The van der Waals surface area contributed by atoms with Crippen molar-refractivity contribution in [3.05, 3.63) is 58.8 Å². The van der Waals surface area contributed by atoms with Crippen molar-refractivity contribution in [2.45, 2.75) is 19.3 Å². The predicted octanol–water partition coefficient (Wildman–Crippen LogP) is 4.66. The van der Waals surface area contributed by atoms with Gasteiger partial charge in [-0.1, -0.05) is 37.8 Å². The van der Waals surface area contributed by atoms with Gasteiger partial charge in [-0.3, -0.25) is 0 Å². The Bertz CT molecular complexity index is 499. The molecule has 2 aromatic rings. The van der Waals surface area contributed by atoms with Gasteiger partial charge in [-0.05, 0) is 41.0 Å². The van der Waals surface area contributed by atoms with Crippen molar-refractivity contribution in [2.75, 3.05) is 0 Å². The normalized spacial score (nSPS) is 12.3. The van der Waals surface area contributed by atoms with E-state index in [-0.39, 0.29) is 5.92 Å². The highest BCUT2D eigenvalue weighted by atomic mass is 32.1. The second-order valence-electron chi connectivity index (χ2n) is 4.24. The van der Waals surface area contributed by atoms with Crippen LogP contribution in [0.1, 0.15) is 29.7 Å². The lowest BCUT2D eigenvalue weighted by atomic mass is 9.93. The molecular formula is C15H16OS. The Hall–Kier alpha value is -1.54. The summed E-state index contributed by atoms with van der Waals surface area (Å²) in [6.07, 6.45) is 0.873. The molecule has 1 aromatic carbocycles. The van der Waals surface area contributed by atoms with E-state index in [0.717, 1.165) is 17.6 Å². The minimum atomic E-state index is 0.283. The number of allylic oxidation sites excluding steroid dienone is 1. The summed E-state index contributed by atoms with van der Waals surface area (Å²) in [6, 6.07) is 11.6. The summed E-state index contributed by atoms with van der Waals surface area (Å²) in [5.74, 6) is 0.657. The number of hydrogen-bond acceptors (Lipinski definition) is 2. The first kappa shape index (κ1) is 11.9. The van der Waals surface area contributed by atoms with E-state index in [0.29, 0.717) is 5.75 Å². The van der Waals surface area contributed by atoms with Gasteiger partial charge < -0.3 is 5.11 Å². The van der Waals surface area contributed by atoms with E-state index in [9.17, 15) is 5.11 Å². The largest absolute Gasteiger partial charge is 0.508 e. The molecule has 1 atom stereocenters. The average Bonchev–Trinajstić information content (AvgIpc) is 2.82. The van der Waals surface area contributed by atoms with Crippen molar-refractivity contribution in [1.29, 1.82) is 0 Å². The molecule has 1 unspecified atom stereocenters. The Morgan fingerprint density at radius 1 is 1.29 bits per heavy atom. The van der Waals surface area contributed by atoms with E-state index >= 15 is 0 Å². The molecule has 0 fully saturated rings. The van der Waals surface area contributed by atoms with Gasteiger partial charge in [0.05, 0.1) is 0 Å². The topological polar surface area (TPSA) is 20.2 Å². The molecule has 88 valence electrons. The van der Waals surface area contributed by atoms with Crippen LogP contribution in [0.25, 0.3) is 5.57 Å². The Balaban J connectivity index is 2.10. The van der Waals surface area contributed by atoms with E-state index in [1.54, 1.807) is 17.4 Å². The lowest BCUT2D eigenvalue weighted by Crippen LogP contribution is -1.95. The van der Waals surface area contributed by atoms with Crippen LogP contribution < -0.4 is 0 Å². The lowest BCUT2D eigenvalue weighted by molar-refractivity contribution is 0.463. The summed E-state index contributed by atoms with van der Waals surface area (Å²) in [4.78, 5) is 1.23. The molecule has 0 aliphatic heterocycles. The minimum absolute atomic E-state index is 0.283. The molecule has 0 saturated heterocycles. The summed E-state index contributed by atoms with van der Waals surface area (Å²) in [5.41, 5.74) is 2.13. The monoisotopic (exact) mass is 244 g/mol. The minimum Gasteiger partial charge on any atom is -0.508 e. The van der Waals surface area contributed by atoms with E-state index in [1.165, 1.54) is 4.88 Å². The fourth-order valence-electron chi connectivity index (χ4n) is 1.96. The third kappa shape index (κ3) is 2.77. The van der Waals surface area contributed by atoms with E-state index in [4.69, 9.17) is 0 Å². The smallest absolute Gasteiger partial charge is 0.119 e. The molecule has 17 heavy (non-hydrogen) atoms. The van der Waals surface area contributed by atoms with Gasteiger partial charge >= 0.3 is 0 Å². The molecule has 0 radical (unpaired) electrons. The van der Waals surface area contributed by atoms with Crippen LogP contribution in [0.3, 0.4) is 0 Å². The summed E-state index contributed by atoms with van der Waals surface area (Å²) in [5, 5.41) is 11.9. The molecule has 1 N–H and O–H groups in total. The zero-order chi connectivity index (χ0) is 12.3. The van der Waals surface area contributed by atoms with E-state index < -0.39 is 0 Å². The fourth-order valence-corrected chi connectivity index (χ4v) is 2.68. The molecular weight excluding hydrogens is 228 g/mol. The number of aromatic hydroxyl groups is 1. The molecule has 0 aliphatic rings. The maximum atomic E-state index is 9.80. The van der Waals surface area contributed by atoms with Crippen molar-refractivity contribution in [3.8, 4) is 5.75 Å². The SMILES string of the molecule is C=C(CC(C)c1ccccc1O)c1cccs1. The molecule has 0 bridgehead atoms. The van der Waals surface area contributed by atoms with Gasteiger partial charge in [-0.2, -0.15) is 0 Å². The Morgan fingerprint density at radius 3 is 2.71 bits per heavy atom. The van der Waals surface area contributed by atoms with Crippen LogP contribution in [0, 0.1) is 0 Å². The molecule has 2 heteroatoms. The van der Waals surface area contributed by atoms with Gasteiger partial charge in [0.2, 0.25) is 0 Å². The first-order valence-corrected chi connectivity index (χ1v) is 6.56. The molecule has 0 spiro atoms. The standard InChI is InChI=1S/C15H16OS/c1-11(13-6-3-4-7-14(13)16)10-12(2)15-8-5-9-17-15/h3-9,11,16H,2,10H2,1H3. The number of thiophene rings is 1. The maximum Gasteiger partial charge on any atom is 0.119 e. The van der Waals surface area contributed by atoms with Crippen LogP contribution in [-0.4, -0.2) is 5.11 Å². The molecule has 1 heterocycles. The third-order valence-corrected chi connectivity index (χ3v) is 3.86. The summed E-state index contributed by atoms with van der Waals surface area (Å²) in [6.45, 7) is 6.24. The molecule has 0 amide bonds. The van der Waals surface area contributed by atoms with Crippen molar-refractivity contribution >= 4 is 16.9 Å². The molecule has 1 aromatic heterocycles. The predicted molar refractivity (Wildman–Crippen MR) is 74.5 cm³/mol. The number of benzene rings is 1. The Morgan fingerprint density at radius 2 is 2.06 bits per heavy atom. The number of para-hydroxylation sites is 1. The van der Waals surface area contributed by atoms with E-state index in [2.05, 4.69) is 24.9 Å². The Labute approximate surface area is 106 Å². The van der Waals surface area contributed by atoms with Crippen LogP contribution in [0.4, 0.5) is 0 Å². The summed E-state index contributed by atoms with van der Waals surface area (Å²) < 4.78 is 0. The molecule has 0 saturated carbocycles.